The van der Waals surface area contributed by atoms with Crippen LogP contribution in [0.2, 0.25) is 0 Å². The number of hydrogen-bond donors (Lipinski definition) is 1. The Morgan fingerprint density at radius 1 is 1.21 bits per heavy atom. The third kappa shape index (κ3) is 5.27. The van der Waals surface area contributed by atoms with Crippen LogP contribution in [0.25, 0.3) is 10.6 Å². The van der Waals surface area contributed by atoms with Gasteiger partial charge in [-0.25, -0.2) is 4.98 Å². The van der Waals surface area contributed by atoms with Crippen LogP contribution in [0, 0.1) is 18.8 Å². The molecule has 128 valence electrons. The number of carbonyl (C=O) groups excluding carboxylic acids is 1. The summed E-state index contributed by atoms with van der Waals surface area (Å²) in [5, 5.41) is 12.0. The largest absolute Gasteiger partial charge is 0.481 e. The van der Waals surface area contributed by atoms with E-state index in [4.69, 9.17) is 0 Å². The molecule has 0 saturated carbocycles. The zero-order valence-corrected chi connectivity index (χ0v) is 15.1. The highest BCUT2D eigenvalue weighted by molar-refractivity contribution is 7.13. The predicted octanol–water partition coefficient (Wildman–Crippen LogP) is 4.37. The Morgan fingerprint density at radius 3 is 2.46 bits per heavy atom. The van der Waals surface area contributed by atoms with Crippen molar-refractivity contribution < 1.29 is 14.7 Å². The van der Waals surface area contributed by atoms with Crippen molar-refractivity contribution >= 4 is 23.1 Å². The zero-order valence-electron chi connectivity index (χ0n) is 14.3. The van der Waals surface area contributed by atoms with Crippen LogP contribution in [0.15, 0.2) is 29.6 Å². The third-order valence-electron chi connectivity index (χ3n) is 3.81. The van der Waals surface area contributed by atoms with E-state index in [1.54, 1.807) is 0 Å². The van der Waals surface area contributed by atoms with Gasteiger partial charge in [-0.2, -0.15) is 0 Å². The van der Waals surface area contributed by atoms with Crippen LogP contribution in [0.5, 0.6) is 0 Å². The highest BCUT2D eigenvalue weighted by Gasteiger charge is 2.22. The second-order valence-corrected chi connectivity index (χ2v) is 7.45. The van der Waals surface area contributed by atoms with Crippen LogP contribution < -0.4 is 0 Å². The number of carbonyl (C=O) groups is 2. The molecule has 0 saturated heterocycles. The predicted molar refractivity (Wildman–Crippen MR) is 96.2 cm³/mol. The molecular weight excluding hydrogens is 322 g/mol. The Labute approximate surface area is 146 Å². The third-order valence-corrected chi connectivity index (χ3v) is 4.75. The number of aryl methyl sites for hydroxylation is 1. The molecule has 4 nitrogen and oxygen atoms in total. The average molecular weight is 345 g/mol. The van der Waals surface area contributed by atoms with Gasteiger partial charge in [0.05, 0.1) is 11.6 Å². The van der Waals surface area contributed by atoms with Crippen LogP contribution in [0.3, 0.4) is 0 Å². The Bertz CT molecular complexity index is 704. The molecule has 0 radical (unpaired) electrons. The molecule has 1 heterocycles. The number of hydrogen-bond acceptors (Lipinski definition) is 4. The lowest BCUT2D eigenvalue weighted by molar-refractivity contribution is -0.144. The SMILES string of the molecule is Cc1ccc(-c2nc(CC(=O)C[C@@H](CC(C)C)C(=O)O)cs2)cc1. The van der Waals surface area contributed by atoms with Crippen molar-refractivity contribution in [2.24, 2.45) is 11.8 Å². The second-order valence-electron chi connectivity index (χ2n) is 6.59. The zero-order chi connectivity index (χ0) is 17.7. The van der Waals surface area contributed by atoms with E-state index < -0.39 is 11.9 Å². The number of ketones is 1. The summed E-state index contributed by atoms with van der Waals surface area (Å²) in [4.78, 5) is 28.0. The van der Waals surface area contributed by atoms with Gasteiger partial charge in [0, 0.05) is 23.8 Å². The van der Waals surface area contributed by atoms with Crippen LogP contribution in [0.4, 0.5) is 0 Å². The lowest BCUT2D eigenvalue weighted by Crippen LogP contribution is -2.20. The van der Waals surface area contributed by atoms with E-state index in [0.29, 0.717) is 12.1 Å². The van der Waals surface area contributed by atoms with Crippen LogP contribution in [0.1, 0.15) is 37.9 Å². The molecule has 0 spiro atoms. The van der Waals surface area contributed by atoms with Crippen LogP contribution >= 0.6 is 11.3 Å². The van der Waals surface area contributed by atoms with E-state index in [1.807, 2.05) is 50.4 Å². The summed E-state index contributed by atoms with van der Waals surface area (Å²) in [6.07, 6.45) is 0.794. The number of rotatable bonds is 8. The van der Waals surface area contributed by atoms with Gasteiger partial charge in [0.1, 0.15) is 10.8 Å². The van der Waals surface area contributed by atoms with Crippen molar-refractivity contribution in [3.63, 3.8) is 0 Å². The van der Waals surface area contributed by atoms with Crippen molar-refractivity contribution in [1.82, 2.24) is 4.98 Å². The Morgan fingerprint density at radius 2 is 1.88 bits per heavy atom. The first-order valence-electron chi connectivity index (χ1n) is 8.11. The summed E-state index contributed by atoms with van der Waals surface area (Å²) in [7, 11) is 0. The minimum absolute atomic E-state index is 0.0659. The van der Waals surface area contributed by atoms with E-state index in [-0.39, 0.29) is 24.5 Å². The standard InChI is InChI=1S/C19H23NO3S/c1-12(2)8-15(19(22)23)9-17(21)10-16-11-24-18(20-16)14-6-4-13(3)5-7-14/h4-7,11-12,15H,8-10H2,1-3H3,(H,22,23)/t15-/m1/s1. The number of nitrogens with zero attached hydrogens (tertiary/aromatic N) is 1. The molecule has 0 amide bonds. The first-order valence-corrected chi connectivity index (χ1v) is 8.99. The van der Waals surface area contributed by atoms with Gasteiger partial charge in [0.25, 0.3) is 0 Å². The van der Waals surface area contributed by atoms with Gasteiger partial charge in [-0.05, 0) is 19.3 Å². The number of benzene rings is 1. The highest BCUT2D eigenvalue weighted by Crippen LogP contribution is 2.25. The van der Waals surface area contributed by atoms with Crippen molar-refractivity contribution in [1.29, 1.82) is 0 Å². The molecule has 0 aliphatic heterocycles. The number of aromatic nitrogens is 1. The lowest BCUT2D eigenvalue weighted by Gasteiger charge is -2.13. The molecule has 1 aromatic heterocycles. The molecule has 5 heteroatoms. The Balaban J connectivity index is 1.99. The van der Waals surface area contributed by atoms with Gasteiger partial charge in [0.15, 0.2) is 0 Å². The Hall–Kier alpha value is -2.01. The van der Waals surface area contributed by atoms with E-state index in [1.165, 1.54) is 16.9 Å². The van der Waals surface area contributed by atoms with Crippen molar-refractivity contribution in [3.8, 4) is 10.6 Å². The fourth-order valence-corrected chi connectivity index (χ4v) is 3.43. The molecule has 1 atom stereocenters. The second kappa shape index (κ2) is 8.20. The van der Waals surface area contributed by atoms with Gasteiger partial charge >= 0.3 is 5.97 Å². The van der Waals surface area contributed by atoms with Crippen LogP contribution in [-0.4, -0.2) is 21.8 Å². The van der Waals surface area contributed by atoms with E-state index in [0.717, 1.165) is 10.6 Å². The molecule has 0 aliphatic carbocycles. The average Bonchev–Trinajstić information content (AvgIpc) is 2.95. The van der Waals surface area contributed by atoms with Crippen LogP contribution in [-0.2, 0) is 16.0 Å². The van der Waals surface area contributed by atoms with Gasteiger partial charge in [-0.3, -0.25) is 9.59 Å². The van der Waals surface area contributed by atoms with Gasteiger partial charge < -0.3 is 5.11 Å². The molecule has 0 fully saturated rings. The first-order chi connectivity index (χ1) is 11.3. The molecule has 24 heavy (non-hydrogen) atoms. The molecule has 1 aromatic carbocycles. The number of carboxylic acids is 1. The van der Waals surface area contributed by atoms with E-state index >= 15 is 0 Å². The topological polar surface area (TPSA) is 67.3 Å². The van der Waals surface area contributed by atoms with Crippen molar-refractivity contribution in [2.45, 2.75) is 40.0 Å². The van der Waals surface area contributed by atoms with Crippen molar-refractivity contribution in [3.05, 3.63) is 40.9 Å². The summed E-state index contributed by atoms with van der Waals surface area (Å²) in [5.74, 6) is -1.31. The summed E-state index contributed by atoms with van der Waals surface area (Å²) in [6.45, 7) is 5.97. The van der Waals surface area contributed by atoms with Gasteiger partial charge in [-0.1, -0.05) is 43.7 Å². The normalized spacial score (nSPS) is 12.3. The summed E-state index contributed by atoms with van der Waals surface area (Å²) in [6, 6.07) is 8.10. The van der Waals surface area contributed by atoms with Gasteiger partial charge in [0.2, 0.25) is 0 Å². The fraction of sp³-hybridized carbons (Fsp3) is 0.421. The minimum atomic E-state index is -0.893. The van der Waals surface area contributed by atoms with E-state index in [9.17, 15) is 14.7 Å². The molecule has 0 bridgehead atoms. The first kappa shape index (κ1) is 18.3. The molecule has 0 aliphatic rings. The molecule has 2 rings (SSSR count). The number of carboxylic acid groups (broad SMARTS) is 1. The maximum Gasteiger partial charge on any atom is 0.306 e. The quantitative estimate of drug-likeness (QED) is 0.771. The molecule has 1 N–H and O–H groups in total. The smallest absolute Gasteiger partial charge is 0.306 e. The Kier molecular flexibility index (Phi) is 6.26. The fourth-order valence-electron chi connectivity index (χ4n) is 2.61. The van der Waals surface area contributed by atoms with Gasteiger partial charge in [-0.15, -0.1) is 11.3 Å². The molecule has 0 unspecified atom stereocenters. The molecular formula is C19H23NO3S. The number of Topliss-reactive ketones (excluding diaryl/α,β-unsaturated/α-hetero) is 1. The van der Waals surface area contributed by atoms with E-state index in [2.05, 4.69) is 4.98 Å². The minimum Gasteiger partial charge on any atom is -0.481 e. The summed E-state index contributed by atoms with van der Waals surface area (Å²) < 4.78 is 0. The lowest BCUT2D eigenvalue weighted by atomic mass is 9.91. The maximum absolute atomic E-state index is 12.2. The summed E-state index contributed by atoms with van der Waals surface area (Å²) >= 11 is 1.51. The maximum atomic E-state index is 12.2. The monoisotopic (exact) mass is 345 g/mol. The van der Waals surface area contributed by atoms with Crippen molar-refractivity contribution in [2.75, 3.05) is 0 Å². The number of thiazole rings is 1. The number of aliphatic carboxylic acids is 1. The summed E-state index contributed by atoms with van der Waals surface area (Å²) in [5.41, 5.74) is 2.94. The molecule has 2 aromatic rings. The highest BCUT2D eigenvalue weighted by atomic mass is 32.1.